The summed E-state index contributed by atoms with van der Waals surface area (Å²) in [4.78, 5) is 19.8. The second kappa shape index (κ2) is 12.2. The Labute approximate surface area is 216 Å². The van der Waals surface area contributed by atoms with Gasteiger partial charge in [0, 0.05) is 12.1 Å². The molecule has 1 fully saturated rings. The quantitative estimate of drug-likeness (QED) is 0.395. The monoisotopic (exact) mass is 512 g/mol. The molecule has 2 heterocycles. The molecule has 0 aliphatic carbocycles. The number of amides is 1. The third-order valence-corrected chi connectivity index (χ3v) is 6.57. The Morgan fingerprint density at radius 1 is 1.19 bits per heavy atom. The lowest BCUT2D eigenvalue weighted by Crippen LogP contribution is -2.43. The van der Waals surface area contributed by atoms with Gasteiger partial charge in [0.05, 0.1) is 36.7 Å². The number of carbonyl (C=O) groups is 1. The fourth-order valence-electron chi connectivity index (χ4n) is 4.43. The van der Waals surface area contributed by atoms with E-state index in [2.05, 4.69) is 20.4 Å². The molecule has 2 unspecified atom stereocenters. The van der Waals surface area contributed by atoms with Crippen LogP contribution < -0.4 is 14.8 Å². The zero-order chi connectivity index (χ0) is 25.5. The highest BCUT2D eigenvalue weighted by Crippen LogP contribution is 2.31. The highest BCUT2D eigenvalue weighted by atomic mass is 35.5. The molecule has 3 aromatic rings. The van der Waals surface area contributed by atoms with Gasteiger partial charge in [-0.25, -0.2) is 0 Å². The zero-order valence-corrected chi connectivity index (χ0v) is 21.8. The van der Waals surface area contributed by atoms with Crippen LogP contribution in [0.4, 0.5) is 0 Å². The van der Waals surface area contributed by atoms with Gasteiger partial charge in [-0.05, 0) is 70.0 Å². The van der Waals surface area contributed by atoms with Gasteiger partial charge in [0.2, 0.25) is 17.6 Å². The highest BCUT2D eigenvalue weighted by Gasteiger charge is 2.28. The predicted molar refractivity (Wildman–Crippen MR) is 138 cm³/mol. The van der Waals surface area contributed by atoms with Crippen molar-refractivity contribution in [3.05, 3.63) is 58.9 Å². The van der Waals surface area contributed by atoms with Crippen molar-refractivity contribution in [2.24, 2.45) is 5.92 Å². The number of ether oxygens (including phenoxy) is 2. The van der Waals surface area contributed by atoms with Crippen molar-refractivity contribution in [1.82, 2.24) is 20.4 Å². The molecule has 1 aliphatic rings. The van der Waals surface area contributed by atoms with Crippen LogP contribution in [0.2, 0.25) is 5.02 Å². The number of hydrogen-bond donors (Lipinski definition) is 1. The highest BCUT2D eigenvalue weighted by molar-refractivity contribution is 6.33. The fourth-order valence-corrected chi connectivity index (χ4v) is 4.65. The summed E-state index contributed by atoms with van der Waals surface area (Å²) in [6.45, 7) is 8.98. The van der Waals surface area contributed by atoms with Gasteiger partial charge in [0.1, 0.15) is 0 Å². The molecule has 0 spiro atoms. The molecule has 0 bridgehead atoms. The summed E-state index contributed by atoms with van der Waals surface area (Å²) in [5.74, 6) is 2.32. The Kier molecular flexibility index (Phi) is 8.83. The van der Waals surface area contributed by atoms with E-state index < -0.39 is 0 Å². The first-order valence-corrected chi connectivity index (χ1v) is 12.9. The number of likely N-dealkylation sites (tertiary alicyclic amines) is 1. The first kappa shape index (κ1) is 26.0. The van der Waals surface area contributed by atoms with E-state index in [0.29, 0.717) is 54.5 Å². The predicted octanol–water partition coefficient (Wildman–Crippen LogP) is 5.28. The van der Waals surface area contributed by atoms with Crippen molar-refractivity contribution in [3.8, 4) is 22.9 Å². The third kappa shape index (κ3) is 6.36. The minimum absolute atomic E-state index is 0.0429. The van der Waals surface area contributed by atoms with Crippen LogP contribution in [0.3, 0.4) is 0 Å². The molecule has 0 radical (unpaired) electrons. The van der Waals surface area contributed by atoms with Gasteiger partial charge in [-0.2, -0.15) is 4.98 Å². The second-order valence-electron chi connectivity index (χ2n) is 8.87. The summed E-state index contributed by atoms with van der Waals surface area (Å²) in [5, 5.41) is 7.84. The Bertz CT molecular complexity index is 1170. The maximum atomic E-state index is 13.1. The average molecular weight is 513 g/mol. The van der Waals surface area contributed by atoms with Crippen LogP contribution in [-0.4, -0.2) is 47.3 Å². The topological polar surface area (TPSA) is 89.7 Å². The molecule has 1 saturated heterocycles. The number of benzene rings is 2. The van der Waals surface area contributed by atoms with Crippen molar-refractivity contribution in [2.45, 2.75) is 46.2 Å². The summed E-state index contributed by atoms with van der Waals surface area (Å²) >= 11 is 6.26. The van der Waals surface area contributed by atoms with Crippen LogP contribution in [0.1, 0.15) is 51.1 Å². The van der Waals surface area contributed by atoms with E-state index >= 15 is 0 Å². The Morgan fingerprint density at radius 2 is 1.97 bits per heavy atom. The SMILES string of the molecule is CCOc1ccc(C(C)NC(=O)C2CCCN(Cc3nc(-c4ccccc4Cl)no3)C2)cc1OCC. The van der Waals surface area contributed by atoms with Gasteiger partial charge in [-0.3, -0.25) is 9.69 Å². The van der Waals surface area contributed by atoms with E-state index in [1.807, 2.05) is 57.2 Å². The van der Waals surface area contributed by atoms with Crippen molar-refractivity contribution in [1.29, 1.82) is 0 Å². The lowest BCUT2D eigenvalue weighted by atomic mass is 9.96. The second-order valence-corrected chi connectivity index (χ2v) is 9.28. The van der Waals surface area contributed by atoms with Crippen LogP contribution in [-0.2, 0) is 11.3 Å². The van der Waals surface area contributed by atoms with Gasteiger partial charge >= 0.3 is 0 Å². The van der Waals surface area contributed by atoms with Crippen molar-refractivity contribution in [3.63, 3.8) is 0 Å². The molecule has 36 heavy (non-hydrogen) atoms. The third-order valence-electron chi connectivity index (χ3n) is 6.24. The van der Waals surface area contributed by atoms with Gasteiger partial charge in [-0.15, -0.1) is 0 Å². The largest absolute Gasteiger partial charge is 0.490 e. The van der Waals surface area contributed by atoms with Gasteiger partial charge in [0.15, 0.2) is 11.5 Å². The normalized spacial score (nSPS) is 16.9. The zero-order valence-electron chi connectivity index (χ0n) is 21.0. The summed E-state index contributed by atoms with van der Waals surface area (Å²) < 4.78 is 16.9. The summed E-state index contributed by atoms with van der Waals surface area (Å²) in [6.07, 6.45) is 1.77. The van der Waals surface area contributed by atoms with E-state index in [0.717, 1.165) is 30.5 Å². The molecular formula is C27H33ClN4O4. The number of nitrogens with one attached hydrogen (secondary N) is 1. The first-order chi connectivity index (χ1) is 17.5. The van der Waals surface area contributed by atoms with E-state index in [4.69, 9.17) is 25.6 Å². The molecule has 4 rings (SSSR count). The molecule has 1 aliphatic heterocycles. The molecule has 1 aromatic heterocycles. The number of hydrogen-bond acceptors (Lipinski definition) is 7. The summed E-state index contributed by atoms with van der Waals surface area (Å²) in [7, 11) is 0. The van der Waals surface area contributed by atoms with Gasteiger partial charge < -0.3 is 19.3 Å². The maximum absolute atomic E-state index is 13.1. The Morgan fingerprint density at radius 3 is 2.75 bits per heavy atom. The van der Waals surface area contributed by atoms with Crippen LogP contribution in [0.5, 0.6) is 11.5 Å². The fraction of sp³-hybridized carbons (Fsp3) is 0.444. The van der Waals surface area contributed by atoms with Gasteiger partial charge in [0.25, 0.3) is 0 Å². The van der Waals surface area contributed by atoms with Crippen LogP contribution >= 0.6 is 11.6 Å². The van der Waals surface area contributed by atoms with E-state index in [9.17, 15) is 4.79 Å². The molecule has 2 aromatic carbocycles. The van der Waals surface area contributed by atoms with Crippen molar-refractivity contribution < 1.29 is 18.8 Å². The van der Waals surface area contributed by atoms with Gasteiger partial charge in [-0.1, -0.05) is 35.0 Å². The molecule has 0 saturated carbocycles. The van der Waals surface area contributed by atoms with E-state index in [1.54, 1.807) is 6.07 Å². The number of carbonyl (C=O) groups excluding carboxylic acids is 1. The van der Waals surface area contributed by atoms with Crippen molar-refractivity contribution >= 4 is 17.5 Å². The summed E-state index contributed by atoms with van der Waals surface area (Å²) in [6, 6.07) is 13.1. The lowest BCUT2D eigenvalue weighted by molar-refractivity contribution is -0.127. The standard InChI is InChI=1S/C27H33ClN4O4/c1-4-34-23-13-12-19(15-24(23)35-5-2)18(3)29-27(33)20-9-8-14-32(16-20)17-25-30-26(31-36-25)21-10-6-7-11-22(21)28/h6-7,10-13,15,18,20H,4-5,8-9,14,16-17H2,1-3H3,(H,29,33). The summed E-state index contributed by atoms with van der Waals surface area (Å²) in [5.41, 5.74) is 1.71. The first-order valence-electron chi connectivity index (χ1n) is 12.5. The maximum Gasteiger partial charge on any atom is 0.241 e. The number of nitrogens with zero attached hydrogens (tertiary/aromatic N) is 3. The van der Waals surface area contributed by atoms with Crippen LogP contribution in [0, 0.1) is 5.92 Å². The van der Waals surface area contributed by atoms with Crippen molar-refractivity contribution in [2.75, 3.05) is 26.3 Å². The minimum atomic E-state index is -0.156. The van der Waals surface area contributed by atoms with E-state index in [1.165, 1.54) is 0 Å². The number of piperidine rings is 1. The number of rotatable bonds is 10. The Balaban J connectivity index is 1.35. The Hall–Kier alpha value is -3.10. The lowest BCUT2D eigenvalue weighted by Gasteiger charge is -2.31. The smallest absolute Gasteiger partial charge is 0.241 e. The van der Waals surface area contributed by atoms with E-state index in [-0.39, 0.29) is 17.9 Å². The molecule has 2 atom stereocenters. The molecule has 1 N–H and O–H groups in total. The molecule has 8 nitrogen and oxygen atoms in total. The molecular weight excluding hydrogens is 480 g/mol. The van der Waals surface area contributed by atoms with Crippen LogP contribution in [0.15, 0.2) is 47.0 Å². The molecule has 9 heteroatoms. The molecule has 192 valence electrons. The number of aromatic nitrogens is 2. The average Bonchev–Trinajstić information content (AvgIpc) is 3.34. The van der Waals surface area contributed by atoms with Crippen LogP contribution in [0.25, 0.3) is 11.4 Å². The number of halogens is 1. The minimum Gasteiger partial charge on any atom is -0.490 e. The molecule has 1 amide bonds.